The van der Waals surface area contributed by atoms with Gasteiger partial charge in [0.25, 0.3) is 0 Å². The molecular weight excluding hydrogens is 1550 g/mol. The Morgan fingerprint density at radius 2 is 1.31 bits per heavy atom. The number of fused-ring (bicyclic) bond motifs is 15. The minimum Gasteiger partial charge on any atom is -0.508 e. The van der Waals surface area contributed by atoms with Crippen LogP contribution in [0.25, 0.3) is 11.1 Å². The smallest absolute Gasteiger partial charge is 0.248 e. The van der Waals surface area contributed by atoms with Crippen LogP contribution in [0, 0.1) is 5.92 Å². The zero-order chi connectivity index (χ0) is 83.5. The van der Waals surface area contributed by atoms with Gasteiger partial charge in [-0.25, -0.2) is 0 Å². The topological polar surface area (TPSA) is 570 Å². The molecule has 0 radical (unpaired) electrons. The van der Waals surface area contributed by atoms with Crippen molar-refractivity contribution in [2.45, 2.75) is 156 Å². The number of likely N-dealkylation sites (N-methyl/N-ethyl adjacent to an activating group) is 1. The standard InChI is InChI=1S/C76H87Cl2N11O26/c1-29(2)16-41(81-5)68(101)88-59-61(96)32-9-13-45(39(77)18-32)111-49-20-34-21-50(65(49)115-75-66(64(99)63(98)51(28-90)113-75)114-54-26-76(4,80)67(100)30(3)110-54)112-46-14-10-33(19-40(46)78)62(97)60-74(107)87-58(70(103)82-27-53(95)83-35-11-15-47(108-6)48(22-35)109-7)38-23-36(91)24-44(93)55(38)37-17-31(8-12-43(37)92)56(71(104)89-60)86-72(105)57(34)85-69(102)42(25-52(79)94)84-73(59)106/h8-15,17-24,29-30,41-42,51,54,56-64,66-67,75,81,90-93,96-100H,16,25-28,80H2,1-7H3,(H2,79,94)(H,82,103)(H,83,95)(H,84,106)(H,85,102)(H,86,105)(H,87,107)(H,88,101)(H,89,104). The minimum absolute atomic E-state index is 0.112. The van der Waals surface area contributed by atoms with Gasteiger partial charge in [-0.1, -0.05) is 55.2 Å². The monoisotopic (exact) mass is 1640 g/mol. The number of hydrogen-bond donors (Lipinski definition) is 20. The molecule has 37 nitrogen and oxygen atoms in total. The molecule has 18 atom stereocenters. The average Bonchev–Trinajstić information content (AvgIpc) is 0.765. The third kappa shape index (κ3) is 18.7. The van der Waals surface area contributed by atoms with Crippen molar-refractivity contribution in [3.63, 3.8) is 0 Å². The van der Waals surface area contributed by atoms with Crippen molar-refractivity contribution in [2.75, 3.05) is 39.7 Å². The number of phenols is 3. The van der Waals surface area contributed by atoms with Gasteiger partial charge in [-0.3, -0.25) is 43.2 Å². The Bertz CT molecular complexity index is 4750. The molecule has 2 saturated heterocycles. The van der Waals surface area contributed by atoms with Gasteiger partial charge in [0, 0.05) is 40.9 Å². The molecule has 0 aromatic heterocycles. The summed E-state index contributed by atoms with van der Waals surface area (Å²) in [6, 6.07) is 3.71. The van der Waals surface area contributed by atoms with E-state index >= 15 is 19.2 Å². The Morgan fingerprint density at radius 1 is 0.687 bits per heavy atom. The van der Waals surface area contributed by atoms with Gasteiger partial charge in [0.15, 0.2) is 35.4 Å². The maximum Gasteiger partial charge on any atom is 0.248 e. The third-order valence-electron chi connectivity index (χ3n) is 19.9. The summed E-state index contributed by atoms with van der Waals surface area (Å²) in [5.74, 6) is -15.9. The first-order valence-electron chi connectivity index (χ1n) is 36.0. The molecule has 616 valence electrons. The van der Waals surface area contributed by atoms with Crippen molar-refractivity contribution in [1.29, 1.82) is 0 Å². The number of amides is 9. The quantitative estimate of drug-likeness (QED) is 0.0566. The zero-order valence-electron chi connectivity index (χ0n) is 62.5. The van der Waals surface area contributed by atoms with E-state index in [0.717, 1.165) is 66.7 Å². The maximum absolute atomic E-state index is 16.3. The summed E-state index contributed by atoms with van der Waals surface area (Å²) in [4.78, 5) is 134. The first-order chi connectivity index (χ1) is 54.5. The number of hydrogen-bond acceptors (Lipinski definition) is 28. The lowest BCUT2D eigenvalue weighted by Gasteiger charge is -2.47. The van der Waals surface area contributed by atoms with Crippen molar-refractivity contribution in [2.24, 2.45) is 17.4 Å². The van der Waals surface area contributed by atoms with Crippen LogP contribution in [0.2, 0.25) is 10.0 Å². The Balaban J connectivity index is 1.12. The van der Waals surface area contributed by atoms with Crippen molar-refractivity contribution >= 4 is 82.1 Å². The normalized spacial score (nSPS) is 27.1. The van der Waals surface area contributed by atoms with Crippen molar-refractivity contribution in [3.8, 4) is 68.6 Å². The molecule has 9 amide bonds. The van der Waals surface area contributed by atoms with Crippen LogP contribution in [-0.4, -0.2) is 212 Å². The molecular formula is C76H87Cl2N11O26. The van der Waals surface area contributed by atoms with E-state index in [0.29, 0.717) is 5.75 Å². The summed E-state index contributed by atoms with van der Waals surface area (Å²) in [6.07, 6.45) is -18.8. The van der Waals surface area contributed by atoms with E-state index in [9.17, 15) is 69.9 Å². The van der Waals surface area contributed by atoms with Gasteiger partial charge in [-0.15, -0.1) is 0 Å². The van der Waals surface area contributed by atoms with E-state index < -0.39 is 250 Å². The second kappa shape index (κ2) is 35.5. The molecule has 0 aliphatic carbocycles. The summed E-state index contributed by atoms with van der Waals surface area (Å²) in [6.45, 7) is 4.79. The number of nitrogens with two attached hydrogens (primary N) is 2. The number of halogens is 2. The number of anilines is 1. The fourth-order valence-electron chi connectivity index (χ4n) is 13.9. The highest BCUT2D eigenvalue weighted by atomic mass is 35.5. The van der Waals surface area contributed by atoms with E-state index in [2.05, 4.69) is 47.9 Å². The lowest BCUT2D eigenvalue weighted by molar-refractivity contribution is -0.333. The Kier molecular flexibility index (Phi) is 26.2. The molecule has 7 heterocycles. The average molecular weight is 1640 g/mol. The van der Waals surface area contributed by atoms with Crippen LogP contribution in [0.1, 0.15) is 105 Å². The number of carbonyl (C=O) groups excluding carboxylic acids is 9. The van der Waals surface area contributed by atoms with Crippen LogP contribution in [-0.2, 0) is 57.4 Å². The zero-order valence-corrected chi connectivity index (χ0v) is 64.1. The van der Waals surface area contributed by atoms with Crippen LogP contribution in [0.5, 0.6) is 57.5 Å². The van der Waals surface area contributed by atoms with Gasteiger partial charge < -0.3 is 143 Å². The van der Waals surface area contributed by atoms with Gasteiger partial charge in [0.1, 0.15) is 95.5 Å². The Labute approximate surface area is 665 Å². The Hall–Kier alpha value is -10.9. The number of aliphatic hydroxyl groups is 6. The SMILES string of the molecule is CNC(CC(C)C)C(=O)NC1C(=O)NC(CC(N)=O)C(=O)NC2C(=O)NC3C(=O)NC(C(=O)NC(C(=O)NCC(=O)Nc4ccc(OC)c(OC)c4)c4cc(O)cc(O)c4-c4cc3ccc4O)C(O)c3ccc(c(Cl)c3)Oc3cc2cc(c3OC2OC(CO)C(O)C(O)C2OC2CC(C)(N)C(O)C(C)O2)Oc2ccc(cc2Cl)C1O. The number of rotatable bonds is 18. The second-order valence-electron chi connectivity index (χ2n) is 28.7. The van der Waals surface area contributed by atoms with Gasteiger partial charge in [0.2, 0.25) is 65.2 Å². The second-order valence-corrected chi connectivity index (χ2v) is 29.5. The van der Waals surface area contributed by atoms with E-state index in [1.807, 2.05) is 13.8 Å². The summed E-state index contributed by atoms with van der Waals surface area (Å²) >= 11 is 14.3. The molecule has 7 aliphatic heterocycles. The molecule has 22 N–H and O–H groups in total. The number of carbonyl (C=O) groups is 9. The van der Waals surface area contributed by atoms with Crippen LogP contribution >= 0.6 is 23.2 Å². The molecule has 13 rings (SSSR count). The number of aromatic hydroxyl groups is 3. The van der Waals surface area contributed by atoms with Crippen LogP contribution in [0.15, 0.2) is 97.1 Å². The number of ether oxygens (including phenoxy) is 8. The van der Waals surface area contributed by atoms with Gasteiger partial charge in [0.05, 0.1) is 62.1 Å². The number of phenolic OH excluding ortho intramolecular Hbond substituents is 3. The molecule has 7 aliphatic rings. The first-order valence-corrected chi connectivity index (χ1v) is 36.8. The fraction of sp³-hybridized carbons (Fsp3) is 0.408. The highest BCUT2D eigenvalue weighted by Gasteiger charge is 2.52. The van der Waals surface area contributed by atoms with Gasteiger partial charge >= 0.3 is 0 Å². The van der Waals surface area contributed by atoms with E-state index in [-0.39, 0.29) is 57.7 Å². The largest absolute Gasteiger partial charge is 0.508 e. The molecule has 6 aromatic carbocycles. The predicted octanol–water partition coefficient (Wildman–Crippen LogP) is 0.794. The first kappa shape index (κ1) is 85.0. The number of benzene rings is 6. The predicted molar refractivity (Wildman–Crippen MR) is 403 cm³/mol. The fourth-order valence-corrected chi connectivity index (χ4v) is 14.3. The van der Waals surface area contributed by atoms with Crippen molar-refractivity contribution < 1.29 is 127 Å². The van der Waals surface area contributed by atoms with Crippen LogP contribution in [0.3, 0.4) is 0 Å². The summed E-state index contributed by atoms with van der Waals surface area (Å²) < 4.78 is 49.2. The molecule has 11 bridgehead atoms. The Morgan fingerprint density at radius 3 is 1.92 bits per heavy atom. The van der Waals surface area contributed by atoms with E-state index in [1.54, 1.807) is 0 Å². The van der Waals surface area contributed by atoms with Gasteiger partial charge in [-0.2, -0.15) is 0 Å². The van der Waals surface area contributed by atoms with Gasteiger partial charge in [-0.05, 0) is 128 Å². The maximum atomic E-state index is 16.3. The number of aliphatic hydroxyl groups excluding tert-OH is 6. The summed E-state index contributed by atoms with van der Waals surface area (Å²) in [5.41, 5.74) is 8.25. The molecule has 115 heavy (non-hydrogen) atoms. The summed E-state index contributed by atoms with van der Waals surface area (Å²) in [5, 5.41) is 127. The highest BCUT2D eigenvalue weighted by Crippen LogP contribution is 2.50. The molecule has 6 aromatic rings. The molecule has 2 fully saturated rings. The molecule has 0 saturated carbocycles. The number of methoxy groups -OCH3 is 2. The van der Waals surface area contributed by atoms with E-state index in [1.165, 1.54) is 65.4 Å². The highest BCUT2D eigenvalue weighted by molar-refractivity contribution is 6.32. The van der Waals surface area contributed by atoms with Crippen molar-refractivity contribution in [3.05, 3.63) is 135 Å². The lowest BCUT2D eigenvalue weighted by Crippen LogP contribution is -2.64. The molecule has 39 heteroatoms. The number of primary amides is 1. The lowest BCUT2D eigenvalue weighted by atomic mass is 9.86. The van der Waals surface area contributed by atoms with Crippen molar-refractivity contribution in [1.82, 2.24) is 42.5 Å². The van der Waals surface area contributed by atoms with Crippen LogP contribution in [0.4, 0.5) is 5.69 Å². The van der Waals surface area contributed by atoms with E-state index in [4.69, 9.17) is 72.6 Å². The molecule has 18 unspecified atom stereocenters. The molecule has 0 spiro atoms. The minimum atomic E-state index is -2.38. The number of nitrogens with one attached hydrogen (secondary N) is 9. The summed E-state index contributed by atoms with van der Waals surface area (Å²) in [7, 11) is 4.22. The van der Waals surface area contributed by atoms with Crippen LogP contribution < -0.4 is 83.0 Å². The third-order valence-corrected chi connectivity index (χ3v) is 20.5.